The largest absolute Gasteiger partial charge is 0.326 e. The molecule has 6 nitrogen and oxygen atoms in total. The van der Waals surface area contributed by atoms with E-state index in [2.05, 4.69) is 9.82 Å². The highest BCUT2D eigenvalue weighted by molar-refractivity contribution is 7.88. The van der Waals surface area contributed by atoms with Gasteiger partial charge in [0.1, 0.15) is 0 Å². The predicted molar refractivity (Wildman–Crippen MR) is 81.9 cm³/mol. The molecule has 0 spiro atoms. The number of aromatic nitrogens is 2. The third-order valence-electron chi connectivity index (χ3n) is 3.01. The van der Waals surface area contributed by atoms with Crippen molar-refractivity contribution in [1.82, 2.24) is 14.5 Å². The molecular formula is C14H20N4O2S. The van der Waals surface area contributed by atoms with Crippen LogP contribution in [-0.2, 0) is 28.9 Å². The molecule has 0 aliphatic carbocycles. The monoisotopic (exact) mass is 308 g/mol. The van der Waals surface area contributed by atoms with E-state index >= 15 is 0 Å². The minimum Gasteiger partial charge on any atom is -0.326 e. The van der Waals surface area contributed by atoms with Crippen LogP contribution in [0, 0.1) is 6.92 Å². The topological polar surface area (TPSA) is 90.0 Å². The Morgan fingerprint density at radius 1 is 1.33 bits per heavy atom. The van der Waals surface area contributed by atoms with Gasteiger partial charge in [-0.1, -0.05) is 24.3 Å². The Kier molecular flexibility index (Phi) is 5.11. The Hall–Kier alpha value is -1.70. The molecule has 0 aliphatic heterocycles. The van der Waals surface area contributed by atoms with Crippen LogP contribution in [-0.4, -0.2) is 24.7 Å². The molecule has 21 heavy (non-hydrogen) atoms. The van der Waals surface area contributed by atoms with E-state index in [4.69, 9.17) is 5.73 Å². The molecule has 0 radical (unpaired) electrons. The Morgan fingerprint density at radius 3 is 2.76 bits per heavy atom. The van der Waals surface area contributed by atoms with Gasteiger partial charge in [0.2, 0.25) is 10.0 Å². The fourth-order valence-corrected chi connectivity index (χ4v) is 3.14. The van der Waals surface area contributed by atoms with E-state index in [0.29, 0.717) is 19.6 Å². The van der Waals surface area contributed by atoms with Crippen LogP contribution in [0.2, 0.25) is 0 Å². The van der Waals surface area contributed by atoms with Crippen molar-refractivity contribution in [3.05, 3.63) is 53.3 Å². The Labute approximate surface area is 125 Å². The molecule has 0 aliphatic rings. The van der Waals surface area contributed by atoms with Gasteiger partial charge in [-0.3, -0.25) is 4.68 Å². The number of aryl methyl sites for hydroxylation is 1. The van der Waals surface area contributed by atoms with Gasteiger partial charge in [-0.05, 0) is 23.6 Å². The third kappa shape index (κ3) is 4.96. The first-order valence-electron chi connectivity index (χ1n) is 6.73. The van der Waals surface area contributed by atoms with Gasteiger partial charge in [-0.15, -0.1) is 0 Å². The van der Waals surface area contributed by atoms with E-state index in [1.807, 2.05) is 31.3 Å². The summed E-state index contributed by atoms with van der Waals surface area (Å²) in [5.41, 5.74) is 8.27. The van der Waals surface area contributed by atoms with E-state index in [0.717, 1.165) is 16.7 Å². The number of nitrogens with two attached hydrogens (primary N) is 1. The fourth-order valence-electron chi connectivity index (χ4n) is 2.02. The molecule has 0 fully saturated rings. The van der Waals surface area contributed by atoms with Gasteiger partial charge >= 0.3 is 0 Å². The SMILES string of the molecule is Cc1cnn(CCNS(=O)(=O)Cc2cccc(CN)c2)c1. The van der Waals surface area contributed by atoms with Crippen molar-refractivity contribution in [1.29, 1.82) is 0 Å². The molecule has 0 saturated heterocycles. The molecule has 1 heterocycles. The van der Waals surface area contributed by atoms with Gasteiger partial charge in [0, 0.05) is 19.3 Å². The van der Waals surface area contributed by atoms with Gasteiger partial charge < -0.3 is 5.73 Å². The van der Waals surface area contributed by atoms with Crippen LogP contribution in [0.1, 0.15) is 16.7 Å². The maximum atomic E-state index is 12.0. The zero-order valence-electron chi connectivity index (χ0n) is 12.0. The zero-order chi connectivity index (χ0) is 15.3. The number of hydrogen-bond donors (Lipinski definition) is 2. The van der Waals surface area contributed by atoms with Crippen molar-refractivity contribution in [3.63, 3.8) is 0 Å². The number of rotatable bonds is 7. The molecule has 1 aromatic carbocycles. The van der Waals surface area contributed by atoms with Gasteiger partial charge in [0.05, 0.1) is 18.5 Å². The van der Waals surface area contributed by atoms with Crippen LogP contribution in [0.15, 0.2) is 36.7 Å². The summed E-state index contributed by atoms with van der Waals surface area (Å²) in [5.74, 6) is -0.0427. The van der Waals surface area contributed by atoms with Crippen molar-refractivity contribution in [2.75, 3.05) is 6.54 Å². The van der Waals surface area contributed by atoms with E-state index in [-0.39, 0.29) is 5.75 Å². The summed E-state index contributed by atoms with van der Waals surface area (Å²) in [6.07, 6.45) is 3.62. The second-order valence-electron chi connectivity index (χ2n) is 4.96. The van der Waals surface area contributed by atoms with E-state index < -0.39 is 10.0 Å². The average Bonchev–Trinajstić information content (AvgIpc) is 2.84. The fraction of sp³-hybridized carbons (Fsp3) is 0.357. The highest BCUT2D eigenvalue weighted by Gasteiger charge is 2.11. The van der Waals surface area contributed by atoms with Crippen LogP contribution in [0.3, 0.4) is 0 Å². The standard InChI is InChI=1S/C14H20N4O2S/c1-12-9-16-18(10-12)6-5-17-21(19,20)11-14-4-2-3-13(7-14)8-15/h2-4,7,9-10,17H,5-6,8,11,15H2,1H3. The molecule has 3 N–H and O–H groups in total. The number of benzene rings is 1. The molecule has 1 aromatic heterocycles. The number of nitrogens with one attached hydrogen (secondary N) is 1. The van der Waals surface area contributed by atoms with Gasteiger partial charge in [-0.25, -0.2) is 13.1 Å². The van der Waals surface area contributed by atoms with Crippen LogP contribution < -0.4 is 10.5 Å². The first-order valence-corrected chi connectivity index (χ1v) is 8.38. The normalized spacial score (nSPS) is 11.7. The van der Waals surface area contributed by atoms with Crippen molar-refractivity contribution in [2.45, 2.75) is 25.8 Å². The molecule has 2 aromatic rings. The first-order chi connectivity index (χ1) is 9.98. The van der Waals surface area contributed by atoms with Crippen molar-refractivity contribution >= 4 is 10.0 Å². The molecule has 114 valence electrons. The molecule has 0 amide bonds. The number of hydrogen-bond acceptors (Lipinski definition) is 4. The molecule has 7 heteroatoms. The van der Waals surface area contributed by atoms with E-state index in [9.17, 15) is 8.42 Å². The highest BCUT2D eigenvalue weighted by atomic mass is 32.2. The van der Waals surface area contributed by atoms with Crippen LogP contribution in [0.25, 0.3) is 0 Å². The molecule has 0 bridgehead atoms. The quantitative estimate of drug-likeness (QED) is 0.790. The number of nitrogens with zero attached hydrogens (tertiary/aromatic N) is 2. The van der Waals surface area contributed by atoms with Crippen LogP contribution in [0.5, 0.6) is 0 Å². The predicted octanol–water partition coefficient (Wildman–Crippen LogP) is 0.770. The first kappa shape index (κ1) is 15.7. The molecule has 0 saturated carbocycles. The molecular weight excluding hydrogens is 288 g/mol. The van der Waals surface area contributed by atoms with E-state index in [1.165, 1.54) is 0 Å². The van der Waals surface area contributed by atoms with Gasteiger partial charge in [0.15, 0.2) is 0 Å². The maximum absolute atomic E-state index is 12.0. The summed E-state index contributed by atoms with van der Waals surface area (Å²) in [6, 6.07) is 7.30. The number of sulfonamides is 1. The Balaban J connectivity index is 1.89. The average molecular weight is 308 g/mol. The summed E-state index contributed by atoms with van der Waals surface area (Å²) in [6.45, 7) is 3.17. The summed E-state index contributed by atoms with van der Waals surface area (Å²) in [7, 11) is -3.35. The minimum absolute atomic E-state index is 0.0427. The zero-order valence-corrected chi connectivity index (χ0v) is 12.8. The lowest BCUT2D eigenvalue weighted by molar-refractivity contribution is 0.560. The lowest BCUT2D eigenvalue weighted by atomic mass is 10.1. The second-order valence-corrected chi connectivity index (χ2v) is 6.77. The van der Waals surface area contributed by atoms with Gasteiger partial charge in [-0.2, -0.15) is 5.10 Å². The molecule has 0 atom stereocenters. The molecule has 2 rings (SSSR count). The van der Waals surface area contributed by atoms with Crippen molar-refractivity contribution in [3.8, 4) is 0 Å². The van der Waals surface area contributed by atoms with Crippen LogP contribution >= 0.6 is 0 Å². The summed E-state index contributed by atoms with van der Waals surface area (Å²) < 4.78 is 28.3. The van der Waals surface area contributed by atoms with E-state index in [1.54, 1.807) is 16.9 Å². The lowest BCUT2D eigenvalue weighted by Crippen LogP contribution is -2.28. The van der Waals surface area contributed by atoms with Crippen molar-refractivity contribution < 1.29 is 8.42 Å². The smallest absolute Gasteiger partial charge is 0.215 e. The Morgan fingerprint density at radius 2 is 2.10 bits per heavy atom. The Bertz CT molecular complexity index is 695. The van der Waals surface area contributed by atoms with Gasteiger partial charge in [0.25, 0.3) is 0 Å². The minimum atomic E-state index is -3.35. The second kappa shape index (κ2) is 6.84. The summed E-state index contributed by atoms with van der Waals surface area (Å²) >= 11 is 0. The van der Waals surface area contributed by atoms with Crippen LogP contribution in [0.4, 0.5) is 0 Å². The van der Waals surface area contributed by atoms with Crippen molar-refractivity contribution in [2.24, 2.45) is 5.73 Å². The summed E-state index contributed by atoms with van der Waals surface area (Å²) in [4.78, 5) is 0. The lowest BCUT2D eigenvalue weighted by Gasteiger charge is -2.08. The third-order valence-corrected chi connectivity index (χ3v) is 4.37. The highest BCUT2D eigenvalue weighted by Crippen LogP contribution is 2.08. The molecule has 0 unspecified atom stereocenters. The maximum Gasteiger partial charge on any atom is 0.215 e. The summed E-state index contributed by atoms with van der Waals surface area (Å²) in [5, 5.41) is 4.11.